The highest BCUT2D eigenvalue weighted by Crippen LogP contribution is 2.43. The molecule has 0 heterocycles. The van der Waals surface area contributed by atoms with Gasteiger partial charge < -0.3 is 20.1 Å². The fraction of sp³-hybridized carbons (Fsp3) is 0.680. The minimum Gasteiger partial charge on any atom is -0.462 e. The number of hydrogen-bond donors (Lipinski definition) is 2. The van der Waals surface area contributed by atoms with Crippen LogP contribution in [0.25, 0.3) is 0 Å². The Kier molecular flexibility index (Phi) is 43.6. The van der Waals surface area contributed by atoms with Gasteiger partial charge >= 0.3 is 19.8 Å². The Bertz CT molecular complexity index is 1250. The molecule has 10 heteroatoms. The third kappa shape index (κ3) is 44.7. The fourth-order valence-corrected chi connectivity index (χ4v) is 6.85. The van der Waals surface area contributed by atoms with E-state index in [9.17, 15) is 19.0 Å². The van der Waals surface area contributed by atoms with Crippen molar-refractivity contribution >= 4 is 19.8 Å². The summed E-state index contributed by atoms with van der Waals surface area (Å²) in [4.78, 5) is 34.6. The van der Waals surface area contributed by atoms with Crippen LogP contribution in [0.2, 0.25) is 0 Å². The third-order valence-corrected chi connectivity index (χ3v) is 10.5. The van der Waals surface area contributed by atoms with E-state index in [1.807, 2.05) is 0 Å². The molecule has 0 aliphatic carbocycles. The Morgan fingerprint density at radius 3 is 1.37 bits per heavy atom. The van der Waals surface area contributed by atoms with E-state index in [0.29, 0.717) is 6.42 Å². The van der Waals surface area contributed by atoms with Crippen LogP contribution in [0.4, 0.5) is 0 Å². The molecular weight excluding hydrogens is 774 g/mol. The van der Waals surface area contributed by atoms with Gasteiger partial charge in [0.05, 0.1) is 13.2 Å². The maximum absolute atomic E-state index is 12.6. The molecule has 3 N–H and O–H groups in total. The van der Waals surface area contributed by atoms with Crippen molar-refractivity contribution in [1.82, 2.24) is 0 Å². The fourth-order valence-electron chi connectivity index (χ4n) is 6.08. The summed E-state index contributed by atoms with van der Waals surface area (Å²) in [7, 11) is -4.37. The summed E-state index contributed by atoms with van der Waals surface area (Å²) >= 11 is 0. The zero-order valence-corrected chi connectivity index (χ0v) is 38.8. The van der Waals surface area contributed by atoms with Gasteiger partial charge in [0.2, 0.25) is 0 Å². The first-order valence-electron chi connectivity index (χ1n) is 23.6. The van der Waals surface area contributed by atoms with E-state index in [-0.39, 0.29) is 32.6 Å². The van der Waals surface area contributed by atoms with E-state index in [1.54, 1.807) is 0 Å². The smallest absolute Gasteiger partial charge is 0.462 e. The van der Waals surface area contributed by atoms with Gasteiger partial charge in [-0.3, -0.25) is 18.6 Å². The monoisotopic (exact) mass is 860 g/mol. The summed E-state index contributed by atoms with van der Waals surface area (Å²) < 4.78 is 32.6. The molecule has 2 unspecified atom stereocenters. The van der Waals surface area contributed by atoms with Gasteiger partial charge in [-0.15, -0.1) is 0 Å². The minimum atomic E-state index is -4.37. The van der Waals surface area contributed by atoms with E-state index < -0.39 is 32.5 Å². The van der Waals surface area contributed by atoms with E-state index in [1.165, 1.54) is 51.4 Å². The van der Waals surface area contributed by atoms with Crippen molar-refractivity contribution in [3.8, 4) is 0 Å². The molecule has 0 saturated carbocycles. The first kappa shape index (κ1) is 57.2. The van der Waals surface area contributed by atoms with Crippen molar-refractivity contribution in [1.29, 1.82) is 0 Å². The van der Waals surface area contributed by atoms with Gasteiger partial charge in [0.15, 0.2) is 6.10 Å². The van der Waals surface area contributed by atoms with Gasteiger partial charge in [-0.2, -0.15) is 0 Å². The second-order valence-electron chi connectivity index (χ2n) is 15.2. The van der Waals surface area contributed by atoms with Gasteiger partial charge in [0.25, 0.3) is 0 Å². The van der Waals surface area contributed by atoms with E-state index in [2.05, 4.69) is 98.9 Å². The molecule has 2 atom stereocenters. The lowest BCUT2D eigenvalue weighted by atomic mass is 10.0. The first-order chi connectivity index (χ1) is 29.3. The Morgan fingerprint density at radius 2 is 0.917 bits per heavy atom. The average Bonchev–Trinajstić information content (AvgIpc) is 3.24. The number of rotatable bonds is 43. The lowest BCUT2D eigenvalue weighted by Gasteiger charge is -2.19. The van der Waals surface area contributed by atoms with Crippen LogP contribution < -0.4 is 5.73 Å². The van der Waals surface area contributed by atoms with Crippen LogP contribution in [0, 0.1) is 0 Å². The average molecular weight is 860 g/mol. The Balaban J connectivity index is 3.89. The summed E-state index contributed by atoms with van der Waals surface area (Å²) in [6.07, 6.45) is 58.1. The summed E-state index contributed by atoms with van der Waals surface area (Å²) in [5.41, 5.74) is 5.33. The lowest BCUT2D eigenvalue weighted by molar-refractivity contribution is -0.161. The number of esters is 2. The number of phosphoric acid groups is 1. The zero-order chi connectivity index (χ0) is 43.9. The second-order valence-corrected chi connectivity index (χ2v) is 16.7. The highest BCUT2D eigenvalue weighted by molar-refractivity contribution is 7.47. The SMILES string of the molecule is CC/C=C\C/C=C\C/C=C\C/C=C\C/C=C\C/C=C\C/C=C\CCCCCCCCCCCCCC(=O)OC(COC(=O)CCCCCCCC)COP(=O)(O)OCCN. The molecular formula is C50H86NO8P. The van der Waals surface area contributed by atoms with Crippen LogP contribution in [0.5, 0.6) is 0 Å². The van der Waals surface area contributed by atoms with Crippen molar-refractivity contribution in [3.05, 3.63) is 85.1 Å². The summed E-state index contributed by atoms with van der Waals surface area (Å²) in [5.74, 6) is -0.846. The predicted octanol–water partition coefficient (Wildman–Crippen LogP) is 14.0. The van der Waals surface area contributed by atoms with Crippen molar-refractivity contribution in [2.24, 2.45) is 5.73 Å². The minimum absolute atomic E-state index is 0.0503. The topological polar surface area (TPSA) is 134 Å². The molecule has 344 valence electrons. The maximum Gasteiger partial charge on any atom is 0.472 e. The standard InChI is InChI=1S/C50H86NO8P/c1-3-5-7-9-11-12-13-14-15-16-17-18-19-20-21-22-23-24-25-26-27-28-29-30-31-32-33-34-35-36-37-39-41-43-50(53)59-48(47-58-60(54,55)57-45-44-51)46-56-49(52)42-40-38-10-8-6-4-2/h5,7,11-12,14-15,17-18,20-21,23-24,26-27,48H,3-4,6,8-10,13,16,19,22,25,28-47,51H2,1-2H3,(H,54,55)/b7-5-,12-11-,15-14-,18-17-,21-20-,24-23-,27-26-. The molecule has 0 amide bonds. The lowest BCUT2D eigenvalue weighted by Crippen LogP contribution is -2.29. The molecule has 0 spiro atoms. The molecule has 0 aromatic rings. The molecule has 0 aliphatic rings. The normalized spacial score (nSPS) is 14.0. The molecule has 0 aliphatic heterocycles. The number of carbonyl (C=O) groups excluding carboxylic acids is 2. The van der Waals surface area contributed by atoms with Crippen molar-refractivity contribution < 1.29 is 37.6 Å². The first-order valence-corrected chi connectivity index (χ1v) is 25.1. The van der Waals surface area contributed by atoms with Crippen LogP contribution in [0.1, 0.15) is 187 Å². The number of unbranched alkanes of at least 4 members (excludes halogenated alkanes) is 16. The van der Waals surface area contributed by atoms with Crippen LogP contribution in [-0.4, -0.2) is 49.3 Å². The number of allylic oxidation sites excluding steroid dienone is 14. The van der Waals surface area contributed by atoms with E-state index in [4.69, 9.17) is 24.3 Å². The van der Waals surface area contributed by atoms with E-state index >= 15 is 0 Å². The van der Waals surface area contributed by atoms with Crippen LogP contribution in [0.3, 0.4) is 0 Å². The molecule has 0 rings (SSSR count). The summed E-state index contributed by atoms with van der Waals surface area (Å²) in [6, 6.07) is 0. The second kappa shape index (κ2) is 45.7. The Labute approximate surface area is 366 Å². The number of ether oxygens (including phenoxy) is 2. The molecule has 0 aromatic heterocycles. The summed E-state index contributed by atoms with van der Waals surface area (Å²) in [6.45, 7) is 3.53. The molecule has 0 saturated heterocycles. The largest absolute Gasteiger partial charge is 0.472 e. The highest BCUT2D eigenvalue weighted by Gasteiger charge is 2.26. The van der Waals surface area contributed by atoms with Gasteiger partial charge in [-0.25, -0.2) is 4.57 Å². The van der Waals surface area contributed by atoms with Crippen LogP contribution >= 0.6 is 7.82 Å². The maximum atomic E-state index is 12.6. The molecule has 0 fully saturated rings. The third-order valence-electron chi connectivity index (χ3n) is 9.55. The Morgan fingerprint density at radius 1 is 0.517 bits per heavy atom. The van der Waals surface area contributed by atoms with Gasteiger partial charge in [-0.05, 0) is 70.6 Å². The van der Waals surface area contributed by atoms with Gasteiger partial charge in [0.1, 0.15) is 6.61 Å². The number of hydrogen-bond acceptors (Lipinski definition) is 8. The Hall–Kier alpha value is -2.81. The number of nitrogens with two attached hydrogens (primary N) is 1. The predicted molar refractivity (Wildman–Crippen MR) is 252 cm³/mol. The molecule has 0 aromatic carbocycles. The summed E-state index contributed by atoms with van der Waals surface area (Å²) in [5, 5.41) is 0. The van der Waals surface area contributed by atoms with Crippen LogP contribution in [0.15, 0.2) is 85.1 Å². The van der Waals surface area contributed by atoms with Crippen molar-refractivity contribution in [3.63, 3.8) is 0 Å². The molecule has 0 radical (unpaired) electrons. The van der Waals surface area contributed by atoms with Crippen molar-refractivity contribution in [2.45, 2.75) is 193 Å². The quantitative estimate of drug-likeness (QED) is 0.0266. The van der Waals surface area contributed by atoms with Crippen molar-refractivity contribution in [2.75, 3.05) is 26.4 Å². The zero-order valence-electron chi connectivity index (χ0n) is 37.9. The van der Waals surface area contributed by atoms with Crippen LogP contribution in [-0.2, 0) is 32.7 Å². The van der Waals surface area contributed by atoms with Gasteiger partial charge in [0, 0.05) is 19.4 Å². The molecule has 9 nitrogen and oxygen atoms in total. The molecule has 60 heavy (non-hydrogen) atoms. The number of phosphoric ester groups is 1. The number of carbonyl (C=O) groups is 2. The molecule has 0 bridgehead atoms. The highest BCUT2D eigenvalue weighted by atomic mass is 31.2. The van der Waals surface area contributed by atoms with Gasteiger partial charge in [-0.1, -0.05) is 189 Å². The van der Waals surface area contributed by atoms with E-state index in [0.717, 1.165) is 103 Å².